The van der Waals surface area contributed by atoms with Gasteiger partial charge in [0.15, 0.2) is 6.61 Å². The van der Waals surface area contributed by atoms with Crippen LogP contribution in [0.25, 0.3) is 0 Å². The summed E-state index contributed by atoms with van der Waals surface area (Å²) in [5.41, 5.74) is 5.46. The first-order valence-electron chi connectivity index (χ1n) is 4.46. The minimum Gasteiger partial charge on any atom is -0.482 e. The lowest BCUT2D eigenvalue weighted by molar-refractivity contribution is -0.120. The van der Waals surface area contributed by atoms with Gasteiger partial charge in [0.2, 0.25) is 10.0 Å². The molecule has 0 aliphatic carbocycles. The van der Waals surface area contributed by atoms with E-state index in [4.69, 9.17) is 15.6 Å². The molecule has 1 amide bonds. The minimum absolute atomic E-state index is 0.0366. The molecule has 0 aromatic heterocycles. The summed E-state index contributed by atoms with van der Waals surface area (Å²) < 4.78 is 28.3. The van der Waals surface area contributed by atoms with Crippen molar-refractivity contribution >= 4 is 31.9 Å². The Balaban J connectivity index is 3.31. The van der Waals surface area contributed by atoms with Gasteiger partial charge in [-0.25, -0.2) is 13.6 Å². The van der Waals surface area contributed by atoms with Gasteiger partial charge >= 0.3 is 0 Å². The number of sulfonamides is 1. The van der Waals surface area contributed by atoms with E-state index in [2.05, 4.69) is 15.9 Å². The van der Waals surface area contributed by atoms with E-state index in [9.17, 15) is 13.2 Å². The monoisotopic (exact) mass is 322 g/mol. The average molecular weight is 323 g/mol. The molecule has 0 unspecified atom stereocenters. The predicted molar refractivity (Wildman–Crippen MR) is 64.9 cm³/mol. The zero-order chi connectivity index (χ0) is 13.2. The van der Waals surface area contributed by atoms with Crippen molar-refractivity contribution < 1.29 is 17.9 Å². The van der Waals surface area contributed by atoms with Crippen LogP contribution in [0.15, 0.2) is 21.5 Å². The van der Waals surface area contributed by atoms with Crippen LogP contribution in [0.1, 0.15) is 5.56 Å². The molecule has 17 heavy (non-hydrogen) atoms. The molecule has 6 nitrogen and oxygen atoms in total. The minimum atomic E-state index is -3.93. The van der Waals surface area contributed by atoms with Crippen LogP contribution in [0, 0.1) is 6.92 Å². The maximum atomic E-state index is 11.4. The third kappa shape index (κ3) is 3.69. The number of hydrogen-bond donors (Lipinski definition) is 2. The first-order valence-corrected chi connectivity index (χ1v) is 6.80. The Hall–Kier alpha value is -1.12. The quantitative estimate of drug-likeness (QED) is 0.828. The Morgan fingerprint density at radius 2 is 2.06 bits per heavy atom. The summed E-state index contributed by atoms with van der Waals surface area (Å²) in [6, 6.07) is 2.95. The molecule has 4 N–H and O–H groups in total. The topological polar surface area (TPSA) is 112 Å². The molecule has 0 aliphatic heterocycles. The fourth-order valence-corrected chi connectivity index (χ4v) is 2.73. The van der Waals surface area contributed by atoms with Gasteiger partial charge in [0.1, 0.15) is 10.6 Å². The van der Waals surface area contributed by atoms with Gasteiger partial charge in [0, 0.05) is 4.47 Å². The molecule has 0 heterocycles. The van der Waals surface area contributed by atoms with Gasteiger partial charge < -0.3 is 10.5 Å². The maximum Gasteiger partial charge on any atom is 0.255 e. The lowest BCUT2D eigenvalue weighted by Gasteiger charge is -2.12. The molecule has 1 rings (SSSR count). The summed E-state index contributed by atoms with van der Waals surface area (Å²) in [5, 5.41) is 5.06. The van der Waals surface area contributed by atoms with Crippen molar-refractivity contribution in [3.63, 3.8) is 0 Å². The van der Waals surface area contributed by atoms with E-state index in [-0.39, 0.29) is 10.6 Å². The fourth-order valence-electron chi connectivity index (χ4n) is 1.24. The number of primary sulfonamides is 1. The highest BCUT2D eigenvalue weighted by atomic mass is 79.9. The Labute approximate surface area is 107 Å². The first-order chi connectivity index (χ1) is 7.71. The lowest BCUT2D eigenvalue weighted by Crippen LogP contribution is -2.22. The number of rotatable bonds is 4. The number of hydrogen-bond acceptors (Lipinski definition) is 4. The number of carbonyl (C=O) groups excluding carboxylic acids is 1. The normalized spacial score (nSPS) is 11.2. The molecule has 1 aromatic rings. The van der Waals surface area contributed by atoms with Crippen LogP contribution in [0.5, 0.6) is 5.75 Å². The van der Waals surface area contributed by atoms with Crippen molar-refractivity contribution in [2.24, 2.45) is 10.9 Å². The SMILES string of the molecule is Cc1cc(Br)cc(S(N)(=O)=O)c1OCC(N)=O. The molecule has 0 saturated heterocycles. The molecule has 0 spiro atoms. The Bertz CT molecular complexity index is 556. The van der Waals surface area contributed by atoms with Gasteiger partial charge in [-0.3, -0.25) is 4.79 Å². The zero-order valence-electron chi connectivity index (χ0n) is 8.94. The van der Waals surface area contributed by atoms with E-state index in [1.54, 1.807) is 13.0 Å². The largest absolute Gasteiger partial charge is 0.482 e. The van der Waals surface area contributed by atoms with Gasteiger partial charge in [-0.2, -0.15) is 0 Å². The van der Waals surface area contributed by atoms with Gasteiger partial charge in [-0.15, -0.1) is 0 Å². The molecular weight excluding hydrogens is 312 g/mol. The molecule has 0 aliphatic rings. The van der Waals surface area contributed by atoms with E-state index in [0.717, 1.165) is 0 Å². The van der Waals surface area contributed by atoms with E-state index >= 15 is 0 Å². The lowest BCUT2D eigenvalue weighted by atomic mass is 10.2. The number of benzene rings is 1. The first kappa shape index (κ1) is 13.9. The molecule has 8 heteroatoms. The van der Waals surface area contributed by atoms with Crippen LogP contribution >= 0.6 is 15.9 Å². The number of primary amides is 1. The molecule has 94 valence electrons. The van der Waals surface area contributed by atoms with Crippen molar-refractivity contribution in [1.82, 2.24) is 0 Å². The number of halogens is 1. The highest BCUT2D eigenvalue weighted by Crippen LogP contribution is 2.30. The highest BCUT2D eigenvalue weighted by molar-refractivity contribution is 9.10. The molecule has 0 atom stereocenters. The van der Waals surface area contributed by atoms with Crippen LogP contribution in [0.4, 0.5) is 0 Å². The summed E-state index contributed by atoms with van der Waals surface area (Å²) >= 11 is 3.15. The Morgan fingerprint density at radius 3 is 2.53 bits per heavy atom. The standard InChI is InChI=1S/C9H11BrN2O4S/c1-5-2-6(10)3-7(17(12,14)15)9(5)16-4-8(11)13/h2-3H,4H2,1H3,(H2,11,13)(H2,12,14,15). The second-order valence-electron chi connectivity index (χ2n) is 3.35. The highest BCUT2D eigenvalue weighted by Gasteiger charge is 2.19. The van der Waals surface area contributed by atoms with Crippen molar-refractivity contribution in [2.75, 3.05) is 6.61 Å². The summed E-state index contributed by atoms with van der Waals surface area (Å²) in [5.74, 6) is -0.665. The second kappa shape index (κ2) is 5.03. The second-order valence-corrected chi connectivity index (χ2v) is 5.80. The molecule has 0 bridgehead atoms. The smallest absolute Gasteiger partial charge is 0.255 e. The van der Waals surface area contributed by atoms with E-state index in [1.165, 1.54) is 6.07 Å². The maximum absolute atomic E-state index is 11.4. The number of nitrogens with two attached hydrogens (primary N) is 2. The third-order valence-electron chi connectivity index (χ3n) is 1.87. The van der Waals surface area contributed by atoms with Gasteiger partial charge in [-0.05, 0) is 24.6 Å². The van der Waals surface area contributed by atoms with Crippen molar-refractivity contribution in [2.45, 2.75) is 11.8 Å². The van der Waals surface area contributed by atoms with Crippen LogP contribution < -0.4 is 15.6 Å². The Morgan fingerprint density at radius 1 is 1.47 bits per heavy atom. The number of ether oxygens (including phenoxy) is 1. The summed E-state index contributed by atoms with van der Waals surface area (Å²) in [7, 11) is -3.93. The van der Waals surface area contributed by atoms with E-state index in [0.29, 0.717) is 10.0 Å². The van der Waals surface area contributed by atoms with Gasteiger partial charge in [0.05, 0.1) is 0 Å². The van der Waals surface area contributed by atoms with Gasteiger partial charge in [-0.1, -0.05) is 15.9 Å². The average Bonchev–Trinajstić information content (AvgIpc) is 2.13. The van der Waals surface area contributed by atoms with Crippen LogP contribution in [0.2, 0.25) is 0 Å². The molecule has 0 radical (unpaired) electrons. The summed E-state index contributed by atoms with van der Waals surface area (Å²) in [6.45, 7) is 1.22. The van der Waals surface area contributed by atoms with Crippen LogP contribution in [-0.4, -0.2) is 20.9 Å². The van der Waals surface area contributed by atoms with Gasteiger partial charge in [0.25, 0.3) is 5.91 Å². The molecular formula is C9H11BrN2O4S. The van der Waals surface area contributed by atoms with Crippen molar-refractivity contribution in [3.8, 4) is 5.75 Å². The van der Waals surface area contributed by atoms with Crippen molar-refractivity contribution in [3.05, 3.63) is 22.2 Å². The zero-order valence-corrected chi connectivity index (χ0v) is 11.3. The van der Waals surface area contributed by atoms with Crippen LogP contribution in [-0.2, 0) is 14.8 Å². The summed E-state index contributed by atoms with van der Waals surface area (Å²) in [4.78, 5) is 10.4. The number of amides is 1. The van der Waals surface area contributed by atoms with Crippen molar-refractivity contribution in [1.29, 1.82) is 0 Å². The Kier molecular flexibility index (Phi) is 4.12. The number of aryl methyl sites for hydroxylation is 1. The van der Waals surface area contributed by atoms with E-state index < -0.39 is 22.5 Å². The molecule has 0 fully saturated rings. The third-order valence-corrected chi connectivity index (χ3v) is 3.24. The molecule has 1 aromatic carbocycles. The van der Waals surface area contributed by atoms with E-state index in [1.807, 2.05) is 0 Å². The fraction of sp³-hybridized carbons (Fsp3) is 0.222. The summed E-state index contributed by atoms with van der Waals surface area (Å²) in [6.07, 6.45) is 0. The molecule has 0 saturated carbocycles. The predicted octanol–water partition coefficient (Wildman–Crippen LogP) is 0.269. The number of carbonyl (C=O) groups is 1. The van der Waals surface area contributed by atoms with Crippen LogP contribution in [0.3, 0.4) is 0 Å².